The van der Waals surface area contributed by atoms with Crippen molar-refractivity contribution >= 4 is 21.5 Å². The molecule has 0 aliphatic carbocycles. The van der Waals surface area contributed by atoms with Crippen LogP contribution in [0, 0.1) is 0 Å². The molecule has 4 rings (SSSR count). The van der Waals surface area contributed by atoms with Crippen LogP contribution >= 0.6 is 0 Å². The monoisotopic (exact) mass is 460 g/mol. The summed E-state index contributed by atoms with van der Waals surface area (Å²) in [5.74, 6) is 0.0981. The Morgan fingerprint density at radius 3 is 2.22 bits per heavy atom. The number of nitrogens with zero attached hydrogens (tertiary/aromatic N) is 3. The fourth-order valence-electron chi connectivity index (χ4n) is 2.96. The molecule has 2 aromatic heterocycles. The lowest BCUT2D eigenvalue weighted by Gasteiger charge is -2.09. The third kappa shape index (κ3) is 4.33. The minimum atomic E-state index is -4.55. The van der Waals surface area contributed by atoms with E-state index in [0.717, 1.165) is 24.3 Å². The van der Waals surface area contributed by atoms with Gasteiger partial charge in [0.2, 0.25) is 15.6 Å². The molecule has 0 radical (unpaired) electrons. The predicted octanol–water partition coefficient (Wildman–Crippen LogP) is 3.51. The molecule has 2 heterocycles. The Hall–Kier alpha value is -3.73. The van der Waals surface area contributed by atoms with E-state index in [1.54, 1.807) is 23.0 Å². The second-order valence-electron chi connectivity index (χ2n) is 6.83. The quantitative estimate of drug-likeness (QED) is 0.492. The molecule has 11 heteroatoms. The van der Waals surface area contributed by atoms with Crippen molar-refractivity contribution < 1.29 is 26.4 Å². The number of carbonyl (C=O) groups is 1. The highest BCUT2D eigenvalue weighted by Gasteiger charge is 2.30. The van der Waals surface area contributed by atoms with Gasteiger partial charge in [0.15, 0.2) is 0 Å². The number of amides is 1. The Morgan fingerprint density at radius 2 is 1.59 bits per heavy atom. The first kappa shape index (κ1) is 21.5. The zero-order valence-corrected chi connectivity index (χ0v) is 17.1. The van der Waals surface area contributed by atoms with Crippen LogP contribution in [0.15, 0.2) is 83.1 Å². The Kier molecular flexibility index (Phi) is 5.43. The Morgan fingerprint density at radius 1 is 0.969 bits per heavy atom. The van der Waals surface area contributed by atoms with Crippen molar-refractivity contribution in [3.05, 3.63) is 90.0 Å². The summed E-state index contributed by atoms with van der Waals surface area (Å²) in [6, 6.07) is 9.04. The van der Waals surface area contributed by atoms with E-state index in [0.29, 0.717) is 16.9 Å². The molecule has 164 valence electrons. The fourth-order valence-corrected chi connectivity index (χ4v) is 4.22. The number of rotatable bonds is 5. The van der Waals surface area contributed by atoms with Gasteiger partial charge in [-0.2, -0.15) is 13.2 Å². The first-order chi connectivity index (χ1) is 15.1. The zero-order chi connectivity index (χ0) is 22.9. The minimum Gasteiger partial charge on any atom is -0.348 e. The minimum absolute atomic E-state index is 0.0675. The smallest absolute Gasteiger partial charge is 0.348 e. The lowest BCUT2D eigenvalue weighted by Crippen LogP contribution is -2.23. The molecule has 0 unspecified atom stereocenters. The summed E-state index contributed by atoms with van der Waals surface area (Å²) in [5, 5.41) is 2.71. The van der Waals surface area contributed by atoms with Gasteiger partial charge in [0.1, 0.15) is 0 Å². The fraction of sp³-hybridized carbons (Fsp3) is 0.0952. The number of alkyl halides is 3. The molecule has 0 fully saturated rings. The van der Waals surface area contributed by atoms with Gasteiger partial charge in [-0.05, 0) is 42.0 Å². The van der Waals surface area contributed by atoms with Crippen LogP contribution < -0.4 is 5.32 Å². The molecule has 4 aromatic rings. The Labute approximate surface area is 180 Å². The van der Waals surface area contributed by atoms with Gasteiger partial charge in [0.25, 0.3) is 5.91 Å². The number of nitrogens with one attached hydrogen (secondary N) is 1. The van der Waals surface area contributed by atoms with Gasteiger partial charge in [0, 0.05) is 31.3 Å². The molecule has 0 bridgehead atoms. The Balaban J connectivity index is 1.44. The first-order valence-electron chi connectivity index (χ1n) is 9.23. The maximum Gasteiger partial charge on any atom is 0.416 e. The van der Waals surface area contributed by atoms with Gasteiger partial charge >= 0.3 is 6.18 Å². The maximum atomic E-state index is 12.7. The van der Waals surface area contributed by atoms with Crippen molar-refractivity contribution in [2.24, 2.45) is 0 Å². The summed E-state index contributed by atoms with van der Waals surface area (Å²) < 4.78 is 65.0. The van der Waals surface area contributed by atoms with Crippen molar-refractivity contribution in [2.75, 3.05) is 0 Å². The van der Waals surface area contributed by atoms with Crippen LogP contribution in [0.3, 0.4) is 0 Å². The van der Waals surface area contributed by atoms with Gasteiger partial charge < -0.3 is 5.32 Å². The number of carbonyl (C=O) groups excluding carboxylic acids is 1. The summed E-state index contributed by atoms with van der Waals surface area (Å²) in [7, 11) is -3.98. The van der Waals surface area contributed by atoms with Crippen molar-refractivity contribution in [2.45, 2.75) is 22.5 Å². The number of fused-ring (bicyclic) bond motifs is 1. The molecular formula is C21H15F3N4O3S. The van der Waals surface area contributed by atoms with E-state index in [2.05, 4.69) is 15.3 Å². The third-order valence-electron chi connectivity index (χ3n) is 4.69. The van der Waals surface area contributed by atoms with E-state index in [1.807, 2.05) is 0 Å². The van der Waals surface area contributed by atoms with Crippen LogP contribution in [0.25, 0.3) is 5.78 Å². The van der Waals surface area contributed by atoms with Crippen LogP contribution in [0.1, 0.15) is 21.5 Å². The summed E-state index contributed by atoms with van der Waals surface area (Å²) in [6.45, 7) is 0.140. The molecule has 0 spiro atoms. The lowest BCUT2D eigenvalue weighted by molar-refractivity contribution is -0.137. The van der Waals surface area contributed by atoms with Crippen molar-refractivity contribution in [1.29, 1.82) is 0 Å². The molecule has 1 amide bonds. The van der Waals surface area contributed by atoms with Crippen LogP contribution in [-0.4, -0.2) is 28.7 Å². The number of imidazole rings is 1. The van der Waals surface area contributed by atoms with Crippen LogP contribution in [0.5, 0.6) is 0 Å². The second-order valence-corrected chi connectivity index (χ2v) is 8.78. The first-order valence-corrected chi connectivity index (χ1v) is 10.7. The molecule has 0 saturated carbocycles. The highest BCUT2D eigenvalue weighted by molar-refractivity contribution is 7.91. The predicted molar refractivity (Wildman–Crippen MR) is 107 cm³/mol. The highest BCUT2D eigenvalue weighted by atomic mass is 32.2. The lowest BCUT2D eigenvalue weighted by atomic mass is 10.2. The van der Waals surface area contributed by atoms with Crippen molar-refractivity contribution in [1.82, 2.24) is 19.7 Å². The van der Waals surface area contributed by atoms with Gasteiger partial charge in [-0.15, -0.1) is 0 Å². The van der Waals surface area contributed by atoms with Crippen LogP contribution in [0.4, 0.5) is 13.2 Å². The van der Waals surface area contributed by atoms with E-state index in [1.165, 1.54) is 30.5 Å². The summed E-state index contributed by atoms with van der Waals surface area (Å²) >= 11 is 0. The van der Waals surface area contributed by atoms with Gasteiger partial charge in [-0.3, -0.25) is 9.20 Å². The van der Waals surface area contributed by atoms with E-state index in [-0.39, 0.29) is 22.2 Å². The SMILES string of the molecule is O=C(NCc1ccc(S(=O)(=O)c2ccc(C(F)(F)F)cc2)cc1)c1cnc2nccn2c1. The summed E-state index contributed by atoms with van der Waals surface area (Å²) in [4.78, 5) is 20.1. The van der Waals surface area contributed by atoms with Gasteiger partial charge in [-0.25, -0.2) is 18.4 Å². The number of benzene rings is 2. The maximum absolute atomic E-state index is 12.7. The zero-order valence-electron chi connectivity index (χ0n) is 16.2. The average Bonchev–Trinajstić information content (AvgIpc) is 3.25. The normalized spacial score (nSPS) is 12.1. The van der Waals surface area contributed by atoms with E-state index in [4.69, 9.17) is 0 Å². The highest BCUT2D eigenvalue weighted by Crippen LogP contribution is 2.30. The summed E-state index contributed by atoms with van der Waals surface area (Å²) in [5.41, 5.74) is 0.0447. The van der Waals surface area contributed by atoms with E-state index < -0.39 is 21.6 Å². The number of sulfone groups is 1. The van der Waals surface area contributed by atoms with Gasteiger partial charge in [-0.1, -0.05) is 12.1 Å². The molecule has 0 atom stereocenters. The molecule has 0 saturated heterocycles. The average molecular weight is 460 g/mol. The topological polar surface area (TPSA) is 93.4 Å². The van der Waals surface area contributed by atoms with E-state index in [9.17, 15) is 26.4 Å². The number of halogens is 3. The summed E-state index contributed by atoms with van der Waals surface area (Å²) in [6.07, 6.45) is 1.66. The molecule has 0 aliphatic heterocycles. The molecule has 2 aromatic carbocycles. The molecule has 1 N–H and O–H groups in total. The number of aromatic nitrogens is 3. The van der Waals surface area contributed by atoms with Crippen LogP contribution in [0.2, 0.25) is 0 Å². The van der Waals surface area contributed by atoms with Crippen molar-refractivity contribution in [3.8, 4) is 0 Å². The van der Waals surface area contributed by atoms with Crippen molar-refractivity contribution in [3.63, 3.8) is 0 Å². The molecular weight excluding hydrogens is 445 g/mol. The van der Waals surface area contributed by atoms with Crippen LogP contribution in [-0.2, 0) is 22.6 Å². The van der Waals surface area contributed by atoms with E-state index >= 15 is 0 Å². The number of hydrogen-bond acceptors (Lipinski definition) is 5. The molecule has 32 heavy (non-hydrogen) atoms. The second kappa shape index (κ2) is 8.08. The standard InChI is InChI=1S/C21H15F3N4O3S/c22-21(23,24)16-3-7-18(8-4-16)32(30,31)17-5-1-14(2-6-17)11-26-19(29)15-12-27-20-25-9-10-28(20)13-15/h1-10,12-13H,11H2,(H,26,29). The Bertz CT molecular complexity index is 1380. The largest absolute Gasteiger partial charge is 0.416 e. The van der Waals surface area contributed by atoms with Gasteiger partial charge in [0.05, 0.1) is 20.9 Å². The molecule has 7 nitrogen and oxygen atoms in total. The number of hydrogen-bond donors (Lipinski definition) is 1. The third-order valence-corrected chi connectivity index (χ3v) is 6.47. The molecule has 0 aliphatic rings.